The smallest absolute Gasteiger partial charge is 0.254 e. The Kier molecular flexibility index (Phi) is 3.53. The van der Waals surface area contributed by atoms with Crippen LogP contribution in [0.2, 0.25) is 5.15 Å². The Morgan fingerprint density at radius 3 is 3.06 bits per heavy atom. The molecule has 5 nitrogen and oxygen atoms in total. The molecule has 18 heavy (non-hydrogen) atoms. The highest BCUT2D eigenvalue weighted by atomic mass is 35.5. The highest BCUT2D eigenvalue weighted by molar-refractivity contribution is 6.29. The van der Waals surface area contributed by atoms with Crippen LogP contribution in [0, 0.1) is 0 Å². The lowest BCUT2D eigenvalue weighted by molar-refractivity contribution is 0.0936. The van der Waals surface area contributed by atoms with Gasteiger partial charge in [0.25, 0.3) is 5.91 Å². The molecular weight excluding hydrogens is 254 g/mol. The Morgan fingerprint density at radius 2 is 2.39 bits per heavy atom. The van der Waals surface area contributed by atoms with Gasteiger partial charge in [-0.1, -0.05) is 11.6 Å². The van der Waals surface area contributed by atoms with E-state index < -0.39 is 0 Å². The van der Waals surface area contributed by atoms with Crippen LogP contribution in [0.25, 0.3) is 0 Å². The molecule has 0 aliphatic carbocycles. The van der Waals surface area contributed by atoms with E-state index in [0.717, 1.165) is 0 Å². The normalized spacial score (nSPS) is 12.1. The Bertz CT molecular complexity index is 554. The van der Waals surface area contributed by atoms with Gasteiger partial charge in [-0.3, -0.25) is 4.79 Å². The Labute approximate surface area is 109 Å². The standard InChI is InChI=1S/C12H12ClN3O2/c1-7(10-3-2-4-18-10)16-12(17)8-5-11(13)15-6-9(8)14/h2-7H,14H2,1H3,(H,16,17). The first kappa shape index (κ1) is 12.4. The van der Waals surface area contributed by atoms with Gasteiger partial charge in [0.2, 0.25) is 0 Å². The first-order chi connectivity index (χ1) is 8.58. The lowest BCUT2D eigenvalue weighted by atomic mass is 10.2. The summed E-state index contributed by atoms with van der Waals surface area (Å²) in [6, 6.07) is 4.73. The van der Waals surface area contributed by atoms with Crippen molar-refractivity contribution < 1.29 is 9.21 Å². The third-order valence-corrected chi connectivity index (χ3v) is 2.67. The topological polar surface area (TPSA) is 81.2 Å². The molecule has 2 rings (SSSR count). The summed E-state index contributed by atoms with van der Waals surface area (Å²) in [5.41, 5.74) is 6.26. The Balaban J connectivity index is 2.15. The number of pyridine rings is 1. The average molecular weight is 266 g/mol. The van der Waals surface area contributed by atoms with Gasteiger partial charge in [-0.2, -0.15) is 0 Å². The number of hydrogen-bond acceptors (Lipinski definition) is 4. The number of nitrogens with two attached hydrogens (primary N) is 1. The van der Waals surface area contributed by atoms with Crippen LogP contribution in [-0.2, 0) is 0 Å². The molecule has 2 aromatic rings. The maximum absolute atomic E-state index is 12.0. The molecule has 0 bridgehead atoms. The molecule has 2 heterocycles. The lowest BCUT2D eigenvalue weighted by Crippen LogP contribution is -2.27. The molecule has 1 unspecified atom stereocenters. The summed E-state index contributed by atoms with van der Waals surface area (Å²) < 4.78 is 5.20. The largest absolute Gasteiger partial charge is 0.467 e. The van der Waals surface area contributed by atoms with E-state index in [1.807, 2.05) is 6.92 Å². The number of halogens is 1. The number of aromatic nitrogens is 1. The number of rotatable bonds is 3. The van der Waals surface area contributed by atoms with Gasteiger partial charge in [0.1, 0.15) is 10.9 Å². The number of nitrogen functional groups attached to an aromatic ring is 1. The minimum Gasteiger partial charge on any atom is -0.467 e. The van der Waals surface area contributed by atoms with Crippen LogP contribution in [-0.4, -0.2) is 10.9 Å². The molecule has 0 radical (unpaired) electrons. The summed E-state index contributed by atoms with van der Waals surface area (Å²) in [6.45, 7) is 1.82. The number of furan rings is 1. The molecule has 2 aromatic heterocycles. The van der Waals surface area contributed by atoms with Crippen LogP contribution >= 0.6 is 11.6 Å². The van der Waals surface area contributed by atoms with E-state index >= 15 is 0 Å². The summed E-state index contributed by atoms with van der Waals surface area (Å²) in [4.78, 5) is 15.8. The van der Waals surface area contributed by atoms with E-state index in [-0.39, 0.29) is 22.8 Å². The van der Waals surface area contributed by atoms with Crippen LogP contribution in [0.5, 0.6) is 0 Å². The quantitative estimate of drug-likeness (QED) is 0.835. The molecule has 6 heteroatoms. The van der Waals surface area contributed by atoms with Crippen LogP contribution in [0.4, 0.5) is 5.69 Å². The zero-order valence-corrected chi connectivity index (χ0v) is 10.4. The molecule has 0 spiro atoms. The predicted octanol–water partition coefficient (Wildman–Crippen LogP) is 2.40. The lowest BCUT2D eigenvalue weighted by Gasteiger charge is -2.12. The van der Waals surface area contributed by atoms with Crippen molar-refractivity contribution in [3.05, 3.63) is 47.1 Å². The molecule has 0 aliphatic heterocycles. The third kappa shape index (κ3) is 2.62. The zero-order valence-electron chi connectivity index (χ0n) is 9.68. The second-order valence-corrected chi connectivity index (χ2v) is 4.19. The minimum absolute atomic E-state index is 0.222. The predicted molar refractivity (Wildman–Crippen MR) is 68.2 cm³/mol. The van der Waals surface area contributed by atoms with Gasteiger partial charge in [-0.25, -0.2) is 4.98 Å². The molecule has 0 saturated heterocycles. The average Bonchev–Trinajstić information content (AvgIpc) is 2.85. The van der Waals surface area contributed by atoms with Gasteiger partial charge < -0.3 is 15.5 Å². The van der Waals surface area contributed by atoms with E-state index in [1.54, 1.807) is 18.4 Å². The second-order valence-electron chi connectivity index (χ2n) is 3.80. The number of carbonyl (C=O) groups is 1. The minimum atomic E-state index is -0.319. The SMILES string of the molecule is CC(NC(=O)c1cc(Cl)ncc1N)c1ccco1. The van der Waals surface area contributed by atoms with Crippen LogP contribution < -0.4 is 11.1 Å². The summed E-state index contributed by atoms with van der Waals surface area (Å²) in [5.74, 6) is 0.350. The monoisotopic (exact) mass is 265 g/mol. The van der Waals surface area contributed by atoms with Gasteiger partial charge in [0.15, 0.2) is 0 Å². The third-order valence-electron chi connectivity index (χ3n) is 2.46. The van der Waals surface area contributed by atoms with Crippen molar-refractivity contribution in [3.8, 4) is 0 Å². The summed E-state index contributed by atoms with van der Waals surface area (Å²) >= 11 is 5.73. The fourth-order valence-electron chi connectivity index (χ4n) is 1.52. The molecule has 0 fully saturated rings. The number of amides is 1. The summed E-state index contributed by atoms with van der Waals surface area (Å²) in [5, 5.41) is 2.99. The highest BCUT2D eigenvalue weighted by Crippen LogP contribution is 2.17. The van der Waals surface area contributed by atoms with Crippen molar-refractivity contribution in [2.75, 3.05) is 5.73 Å². The van der Waals surface area contributed by atoms with E-state index in [4.69, 9.17) is 21.8 Å². The van der Waals surface area contributed by atoms with E-state index in [2.05, 4.69) is 10.3 Å². The van der Waals surface area contributed by atoms with Crippen molar-refractivity contribution in [2.45, 2.75) is 13.0 Å². The molecular formula is C12H12ClN3O2. The molecule has 0 saturated carbocycles. The van der Waals surface area contributed by atoms with Gasteiger partial charge in [0.05, 0.1) is 29.8 Å². The van der Waals surface area contributed by atoms with Crippen LogP contribution in [0.15, 0.2) is 35.1 Å². The van der Waals surface area contributed by atoms with Crippen LogP contribution in [0.1, 0.15) is 29.1 Å². The maximum Gasteiger partial charge on any atom is 0.254 e. The number of carbonyl (C=O) groups excluding carboxylic acids is 1. The molecule has 0 aromatic carbocycles. The number of nitrogens with one attached hydrogen (secondary N) is 1. The molecule has 1 atom stereocenters. The van der Waals surface area contributed by atoms with Crippen molar-refractivity contribution >= 4 is 23.2 Å². The van der Waals surface area contributed by atoms with E-state index in [1.165, 1.54) is 12.3 Å². The van der Waals surface area contributed by atoms with Crippen molar-refractivity contribution in [1.82, 2.24) is 10.3 Å². The fourth-order valence-corrected chi connectivity index (χ4v) is 1.68. The van der Waals surface area contributed by atoms with Gasteiger partial charge in [-0.05, 0) is 25.1 Å². The summed E-state index contributed by atoms with van der Waals surface area (Å²) in [7, 11) is 0. The van der Waals surface area contributed by atoms with E-state index in [0.29, 0.717) is 11.3 Å². The highest BCUT2D eigenvalue weighted by Gasteiger charge is 2.16. The Morgan fingerprint density at radius 1 is 1.61 bits per heavy atom. The van der Waals surface area contributed by atoms with Gasteiger partial charge in [-0.15, -0.1) is 0 Å². The van der Waals surface area contributed by atoms with Crippen LogP contribution in [0.3, 0.4) is 0 Å². The van der Waals surface area contributed by atoms with Crippen molar-refractivity contribution in [3.63, 3.8) is 0 Å². The van der Waals surface area contributed by atoms with Gasteiger partial charge in [0, 0.05) is 0 Å². The van der Waals surface area contributed by atoms with Crippen molar-refractivity contribution in [1.29, 1.82) is 0 Å². The zero-order chi connectivity index (χ0) is 13.1. The first-order valence-corrected chi connectivity index (χ1v) is 5.71. The summed E-state index contributed by atoms with van der Waals surface area (Å²) in [6.07, 6.45) is 2.91. The molecule has 94 valence electrons. The number of anilines is 1. The first-order valence-electron chi connectivity index (χ1n) is 5.33. The molecule has 3 N–H and O–H groups in total. The molecule has 1 amide bonds. The number of nitrogens with zero attached hydrogens (tertiary/aromatic N) is 1. The fraction of sp³-hybridized carbons (Fsp3) is 0.167. The molecule has 0 aliphatic rings. The van der Waals surface area contributed by atoms with E-state index in [9.17, 15) is 4.79 Å². The van der Waals surface area contributed by atoms with Crippen molar-refractivity contribution in [2.24, 2.45) is 0 Å². The maximum atomic E-state index is 12.0. The number of hydrogen-bond donors (Lipinski definition) is 2. The Hall–Kier alpha value is -2.01. The second kappa shape index (κ2) is 5.10. The van der Waals surface area contributed by atoms with Gasteiger partial charge >= 0.3 is 0 Å².